The van der Waals surface area contributed by atoms with Gasteiger partial charge < -0.3 is 10.1 Å². The Kier molecular flexibility index (Phi) is 6.52. The first-order valence-electron chi connectivity index (χ1n) is 11.4. The zero-order valence-electron chi connectivity index (χ0n) is 19.4. The molecular formula is C28H21ClF3N3O2. The van der Waals surface area contributed by atoms with Crippen molar-refractivity contribution in [3.63, 3.8) is 0 Å². The smallest absolute Gasteiger partial charge is 0.416 e. The molecule has 0 spiro atoms. The number of benzene rings is 3. The number of amides is 2. The van der Waals surface area contributed by atoms with Crippen LogP contribution in [-0.4, -0.2) is 17.6 Å². The number of carbonyl (C=O) groups excluding carboxylic acids is 1. The Morgan fingerprint density at radius 2 is 1.68 bits per heavy atom. The average Bonchev–Trinajstić information content (AvgIpc) is 3.23. The van der Waals surface area contributed by atoms with Gasteiger partial charge in [-0.05, 0) is 77.9 Å². The number of alkyl halides is 3. The van der Waals surface area contributed by atoms with Crippen LogP contribution in [0.3, 0.4) is 0 Å². The number of ether oxygens (including phenoxy) is 1. The molecule has 1 aliphatic heterocycles. The fourth-order valence-corrected chi connectivity index (χ4v) is 4.67. The van der Waals surface area contributed by atoms with Crippen LogP contribution in [0.15, 0.2) is 97.3 Å². The van der Waals surface area contributed by atoms with Crippen molar-refractivity contribution in [1.82, 2.24) is 10.3 Å². The number of pyridine rings is 1. The van der Waals surface area contributed by atoms with Crippen LogP contribution in [0.2, 0.25) is 5.02 Å². The van der Waals surface area contributed by atoms with E-state index in [2.05, 4.69) is 10.3 Å². The highest BCUT2D eigenvalue weighted by molar-refractivity contribution is 6.30. The molecule has 37 heavy (non-hydrogen) atoms. The minimum absolute atomic E-state index is 0.116. The number of carbonyl (C=O) groups is 1. The largest absolute Gasteiger partial charge is 0.457 e. The third kappa shape index (κ3) is 5.11. The Hall–Kier alpha value is -4.04. The fourth-order valence-electron chi connectivity index (χ4n) is 4.54. The number of hydrogen-bond donors (Lipinski definition) is 1. The van der Waals surface area contributed by atoms with Gasteiger partial charge in [-0.2, -0.15) is 13.2 Å². The predicted octanol–water partition coefficient (Wildman–Crippen LogP) is 7.21. The van der Waals surface area contributed by atoms with Crippen molar-refractivity contribution < 1.29 is 22.7 Å². The first kappa shape index (κ1) is 24.6. The molecule has 1 fully saturated rings. The van der Waals surface area contributed by atoms with Gasteiger partial charge in [0.05, 0.1) is 11.1 Å². The Labute approximate surface area is 216 Å². The van der Waals surface area contributed by atoms with Crippen molar-refractivity contribution in [2.24, 2.45) is 0 Å². The number of urea groups is 1. The maximum Gasteiger partial charge on any atom is 0.416 e. The SMILES string of the molecule is O=C1NCC(Cc2cccnc2)(c2cccc(C(F)(F)F)c2)N1c1ccc(Oc2ccc(Cl)cc2)cc1. The van der Waals surface area contributed by atoms with Crippen molar-refractivity contribution in [3.8, 4) is 11.5 Å². The molecule has 9 heteroatoms. The second kappa shape index (κ2) is 9.78. The van der Waals surface area contributed by atoms with Crippen molar-refractivity contribution in [1.29, 1.82) is 0 Å². The lowest BCUT2D eigenvalue weighted by atomic mass is 9.82. The molecule has 1 saturated heterocycles. The Bertz CT molecular complexity index is 1400. The van der Waals surface area contributed by atoms with E-state index >= 15 is 0 Å². The summed E-state index contributed by atoms with van der Waals surface area (Å²) in [4.78, 5) is 18.8. The lowest BCUT2D eigenvalue weighted by Gasteiger charge is -2.38. The van der Waals surface area contributed by atoms with Crippen LogP contribution < -0.4 is 15.0 Å². The van der Waals surface area contributed by atoms with Gasteiger partial charge in [0, 0.05) is 36.1 Å². The molecule has 1 N–H and O–H groups in total. The van der Waals surface area contributed by atoms with E-state index in [0.717, 1.165) is 17.7 Å². The summed E-state index contributed by atoms with van der Waals surface area (Å²) < 4.78 is 46.7. The van der Waals surface area contributed by atoms with E-state index in [4.69, 9.17) is 16.3 Å². The number of halogens is 4. The van der Waals surface area contributed by atoms with Gasteiger partial charge in [-0.25, -0.2) is 4.79 Å². The number of anilines is 1. The number of rotatable bonds is 6. The van der Waals surface area contributed by atoms with E-state index in [-0.39, 0.29) is 13.0 Å². The second-order valence-electron chi connectivity index (χ2n) is 8.69. The summed E-state index contributed by atoms with van der Waals surface area (Å²) in [6.45, 7) is 0.116. The quantitative estimate of drug-likeness (QED) is 0.290. The number of hydrogen-bond acceptors (Lipinski definition) is 3. The first-order valence-corrected chi connectivity index (χ1v) is 11.8. The van der Waals surface area contributed by atoms with E-state index in [1.807, 2.05) is 6.07 Å². The molecule has 0 radical (unpaired) electrons. The van der Waals surface area contributed by atoms with Gasteiger partial charge in [-0.15, -0.1) is 0 Å². The van der Waals surface area contributed by atoms with E-state index < -0.39 is 23.3 Å². The van der Waals surface area contributed by atoms with E-state index in [1.165, 1.54) is 11.0 Å². The van der Waals surface area contributed by atoms with Crippen LogP contribution in [0, 0.1) is 0 Å². The lowest BCUT2D eigenvalue weighted by molar-refractivity contribution is -0.137. The molecule has 1 aromatic heterocycles. The summed E-state index contributed by atoms with van der Waals surface area (Å²) in [7, 11) is 0. The van der Waals surface area contributed by atoms with Crippen molar-refractivity contribution in [2.75, 3.05) is 11.4 Å². The molecule has 1 unspecified atom stereocenters. The van der Waals surface area contributed by atoms with Crippen LogP contribution in [-0.2, 0) is 18.1 Å². The number of nitrogens with one attached hydrogen (secondary N) is 1. The van der Waals surface area contributed by atoms with Gasteiger partial charge in [-0.1, -0.05) is 29.8 Å². The van der Waals surface area contributed by atoms with E-state index in [9.17, 15) is 18.0 Å². The third-order valence-corrected chi connectivity index (χ3v) is 6.51. The maximum absolute atomic E-state index is 13.6. The van der Waals surface area contributed by atoms with Gasteiger partial charge in [0.25, 0.3) is 0 Å². The summed E-state index contributed by atoms with van der Waals surface area (Å²) >= 11 is 5.93. The number of nitrogens with zero attached hydrogens (tertiary/aromatic N) is 2. The van der Waals surface area contributed by atoms with Crippen LogP contribution in [0.25, 0.3) is 0 Å². The van der Waals surface area contributed by atoms with Crippen molar-refractivity contribution in [2.45, 2.75) is 18.1 Å². The van der Waals surface area contributed by atoms with Gasteiger partial charge in [-0.3, -0.25) is 9.88 Å². The zero-order chi connectivity index (χ0) is 26.0. The average molecular weight is 524 g/mol. The maximum atomic E-state index is 13.6. The zero-order valence-corrected chi connectivity index (χ0v) is 20.1. The molecule has 188 valence electrons. The summed E-state index contributed by atoms with van der Waals surface area (Å²) in [5, 5.41) is 3.42. The van der Waals surface area contributed by atoms with Crippen LogP contribution >= 0.6 is 11.6 Å². The monoisotopic (exact) mass is 523 g/mol. The molecule has 1 atom stereocenters. The topological polar surface area (TPSA) is 54.5 Å². The molecular weight excluding hydrogens is 503 g/mol. The summed E-state index contributed by atoms with van der Waals surface area (Å²) in [6, 6.07) is 22.0. The van der Waals surface area contributed by atoms with Crippen LogP contribution in [0.5, 0.6) is 11.5 Å². The minimum Gasteiger partial charge on any atom is -0.457 e. The second-order valence-corrected chi connectivity index (χ2v) is 9.13. The van der Waals surface area contributed by atoms with Gasteiger partial charge in [0.15, 0.2) is 0 Å². The normalized spacial score (nSPS) is 17.5. The van der Waals surface area contributed by atoms with Gasteiger partial charge in [0.2, 0.25) is 0 Å². The van der Waals surface area contributed by atoms with Crippen molar-refractivity contribution >= 4 is 23.3 Å². The molecule has 0 bridgehead atoms. The molecule has 5 rings (SSSR count). The lowest BCUT2D eigenvalue weighted by Crippen LogP contribution is -2.47. The van der Waals surface area contributed by atoms with Gasteiger partial charge >= 0.3 is 12.2 Å². The molecule has 0 saturated carbocycles. The predicted molar refractivity (Wildman–Crippen MR) is 135 cm³/mol. The van der Waals surface area contributed by atoms with Crippen LogP contribution in [0.1, 0.15) is 16.7 Å². The number of aromatic nitrogens is 1. The molecule has 2 amide bonds. The molecule has 1 aliphatic rings. The Morgan fingerprint density at radius 1 is 0.973 bits per heavy atom. The molecule has 0 aliphatic carbocycles. The van der Waals surface area contributed by atoms with Gasteiger partial charge in [0.1, 0.15) is 11.5 Å². The highest BCUT2D eigenvalue weighted by Crippen LogP contribution is 2.42. The third-order valence-electron chi connectivity index (χ3n) is 6.25. The van der Waals surface area contributed by atoms with Crippen LogP contribution in [0.4, 0.5) is 23.7 Å². The summed E-state index contributed by atoms with van der Waals surface area (Å²) in [5.41, 5.74) is -0.239. The Morgan fingerprint density at radius 3 is 2.32 bits per heavy atom. The summed E-state index contributed by atoms with van der Waals surface area (Å²) in [5.74, 6) is 1.12. The van der Waals surface area contributed by atoms with Crippen molar-refractivity contribution in [3.05, 3.63) is 119 Å². The standard InChI is InChI=1S/C28H21ClF3N3O2/c29-22-6-10-24(11-7-22)37-25-12-8-23(9-13-25)35-26(36)34-18-27(35,16-19-3-2-14-33-17-19)20-4-1-5-21(15-20)28(30,31)32/h1-15,17H,16,18H2,(H,34,36). The Balaban J connectivity index is 1.55. The minimum atomic E-state index is -4.52. The highest BCUT2D eigenvalue weighted by Gasteiger charge is 2.48. The van der Waals surface area contributed by atoms with E-state index in [0.29, 0.717) is 27.8 Å². The fraction of sp³-hybridized carbons (Fsp3) is 0.143. The molecule has 4 aromatic rings. The molecule has 3 aromatic carbocycles. The molecule has 5 nitrogen and oxygen atoms in total. The highest BCUT2D eigenvalue weighted by atomic mass is 35.5. The first-order chi connectivity index (χ1) is 17.7. The molecule has 2 heterocycles. The summed E-state index contributed by atoms with van der Waals surface area (Å²) in [6.07, 6.45) is -0.994. The van der Waals surface area contributed by atoms with E-state index in [1.54, 1.807) is 73.1 Å².